The zero-order valence-corrected chi connectivity index (χ0v) is 9.72. The molecule has 0 spiro atoms. The average Bonchev–Trinajstić information content (AvgIpc) is 2.86. The molecule has 0 atom stereocenters. The largest absolute Gasteiger partial charge is 0.454 e. The highest BCUT2D eigenvalue weighted by Crippen LogP contribution is 2.34. The van der Waals surface area contributed by atoms with Crippen molar-refractivity contribution in [2.24, 2.45) is 0 Å². The normalized spacial score (nSPS) is 12.3. The van der Waals surface area contributed by atoms with Gasteiger partial charge in [-0.15, -0.1) is 0 Å². The lowest BCUT2D eigenvalue weighted by molar-refractivity contribution is 0.102. The first-order valence-electron chi connectivity index (χ1n) is 5.55. The van der Waals surface area contributed by atoms with Gasteiger partial charge in [-0.3, -0.25) is 4.79 Å². The summed E-state index contributed by atoms with van der Waals surface area (Å²) in [5.41, 5.74) is 0.387. The van der Waals surface area contributed by atoms with Gasteiger partial charge in [0.15, 0.2) is 11.5 Å². The van der Waals surface area contributed by atoms with Crippen molar-refractivity contribution in [1.29, 1.82) is 0 Å². The molecular formula is C13H9FN2O3. The summed E-state index contributed by atoms with van der Waals surface area (Å²) in [4.78, 5) is 15.3. The van der Waals surface area contributed by atoms with E-state index in [-0.39, 0.29) is 12.4 Å². The van der Waals surface area contributed by atoms with Crippen molar-refractivity contribution in [3.8, 4) is 11.5 Å². The van der Waals surface area contributed by atoms with Crippen LogP contribution in [0.25, 0.3) is 0 Å². The first-order valence-corrected chi connectivity index (χ1v) is 5.55. The Hall–Kier alpha value is -2.63. The van der Waals surface area contributed by atoms with Crippen LogP contribution >= 0.6 is 0 Å². The fraction of sp³-hybridized carbons (Fsp3) is 0.0769. The zero-order valence-electron chi connectivity index (χ0n) is 9.72. The molecule has 0 fully saturated rings. The molecular weight excluding hydrogens is 251 g/mol. The van der Waals surface area contributed by atoms with Gasteiger partial charge in [0.1, 0.15) is 0 Å². The van der Waals surface area contributed by atoms with Crippen molar-refractivity contribution in [1.82, 2.24) is 4.98 Å². The molecule has 6 heteroatoms. The highest BCUT2D eigenvalue weighted by Gasteiger charge is 2.16. The molecule has 1 aromatic heterocycles. The van der Waals surface area contributed by atoms with E-state index < -0.39 is 11.9 Å². The molecule has 2 heterocycles. The summed E-state index contributed by atoms with van der Waals surface area (Å²) >= 11 is 0. The molecule has 5 nitrogen and oxygen atoms in total. The number of carbonyl (C=O) groups excluding carboxylic acids is 1. The Morgan fingerprint density at radius 3 is 2.95 bits per heavy atom. The molecule has 2 aromatic rings. The van der Waals surface area contributed by atoms with Crippen LogP contribution < -0.4 is 14.8 Å². The third-order valence-corrected chi connectivity index (χ3v) is 2.63. The highest BCUT2D eigenvalue weighted by molar-refractivity contribution is 6.04. The SMILES string of the molecule is O=C(Nc1ccc2c(c1)OCO2)c1cccnc1F. The molecule has 1 aliphatic rings. The number of amides is 1. The van der Waals surface area contributed by atoms with E-state index in [2.05, 4.69) is 10.3 Å². The molecule has 0 aliphatic carbocycles. The van der Waals surface area contributed by atoms with Crippen LogP contribution in [0, 0.1) is 5.95 Å². The summed E-state index contributed by atoms with van der Waals surface area (Å²) in [7, 11) is 0. The number of hydrogen-bond acceptors (Lipinski definition) is 4. The average molecular weight is 260 g/mol. The van der Waals surface area contributed by atoms with E-state index in [4.69, 9.17) is 9.47 Å². The molecule has 0 saturated heterocycles. The maximum atomic E-state index is 13.3. The summed E-state index contributed by atoms with van der Waals surface area (Å²) in [5, 5.41) is 2.57. The fourth-order valence-corrected chi connectivity index (χ4v) is 1.73. The van der Waals surface area contributed by atoms with Crippen LogP contribution in [0.2, 0.25) is 0 Å². The van der Waals surface area contributed by atoms with Gasteiger partial charge in [-0.25, -0.2) is 4.98 Å². The Balaban J connectivity index is 1.82. The maximum absolute atomic E-state index is 13.3. The van der Waals surface area contributed by atoms with Gasteiger partial charge in [-0.05, 0) is 24.3 Å². The Labute approximate surface area is 108 Å². The zero-order chi connectivity index (χ0) is 13.2. The maximum Gasteiger partial charge on any atom is 0.260 e. The highest BCUT2D eigenvalue weighted by atomic mass is 19.1. The van der Waals surface area contributed by atoms with E-state index >= 15 is 0 Å². The van der Waals surface area contributed by atoms with Crippen molar-refractivity contribution in [2.45, 2.75) is 0 Å². The van der Waals surface area contributed by atoms with E-state index in [9.17, 15) is 9.18 Å². The molecule has 96 valence electrons. The van der Waals surface area contributed by atoms with Crippen molar-refractivity contribution in [3.63, 3.8) is 0 Å². The standard InChI is InChI=1S/C13H9FN2O3/c14-12-9(2-1-5-15-12)13(17)16-8-3-4-10-11(6-8)19-7-18-10/h1-6H,7H2,(H,16,17). The number of aromatic nitrogens is 1. The number of rotatable bonds is 2. The molecule has 1 amide bonds. The summed E-state index contributed by atoms with van der Waals surface area (Å²) in [6.07, 6.45) is 1.28. The minimum Gasteiger partial charge on any atom is -0.454 e. The first-order chi connectivity index (χ1) is 9.24. The smallest absolute Gasteiger partial charge is 0.260 e. The molecule has 1 aliphatic heterocycles. The molecule has 19 heavy (non-hydrogen) atoms. The van der Waals surface area contributed by atoms with E-state index in [0.29, 0.717) is 17.2 Å². The second kappa shape index (κ2) is 4.56. The van der Waals surface area contributed by atoms with Crippen molar-refractivity contribution in [2.75, 3.05) is 12.1 Å². The molecule has 1 aromatic carbocycles. The second-order valence-corrected chi connectivity index (χ2v) is 3.86. The predicted molar refractivity (Wildman–Crippen MR) is 64.7 cm³/mol. The molecule has 1 N–H and O–H groups in total. The second-order valence-electron chi connectivity index (χ2n) is 3.86. The quantitative estimate of drug-likeness (QED) is 0.841. The van der Waals surface area contributed by atoms with Crippen LogP contribution in [0.3, 0.4) is 0 Å². The van der Waals surface area contributed by atoms with Gasteiger partial charge in [-0.1, -0.05) is 0 Å². The summed E-state index contributed by atoms with van der Waals surface area (Å²) in [6.45, 7) is 0.157. The lowest BCUT2D eigenvalue weighted by atomic mass is 10.2. The van der Waals surface area contributed by atoms with E-state index in [1.54, 1.807) is 18.2 Å². The number of nitrogens with one attached hydrogen (secondary N) is 1. The minimum atomic E-state index is -0.805. The first kappa shape index (κ1) is 11.5. The van der Waals surface area contributed by atoms with Crippen molar-refractivity contribution >= 4 is 11.6 Å². The van der Waals surface area contributed by atoms with E-state index in [1.807, 2.05) is 0 Å². The number of anilines is 1. The fourth-order valence-electron chi connectivity index (χ4n) is 1.73. The third kappa shape index (κ3) is 2.20. The van der Waals surface area contributed by atoms with Gasteiger partial charge in [-0.2, -0.15) is 4.39 Å². The lowest BCUT2D eigenvalue weighted by Gasteiger charge is -2.06. The number of hydrogen-bond donors (Lipinski definition) is 1. The number of nitrogens with zero attached hydrogens (tertiary/aromatic N) is 1. The molecule has 0 unspecified atom stereocenters. The van der Waals surface area contributed by atoms with Crippen LogP contribution in [-0.4, -0.2) is 17.7 Å². The van der Waals surface area contributed by atoms with Gasteiger partial charge >= 0.3 is 0 Å². The molecule has 3 rings (SSSR count). The van der Waals surface area contributed by atoms with Crippen LogP contribution in [0.15, 0.2) is 36.5 Å². The van der Waals surface area contributed by atoms with Crippen LogP contribution in [0.1, 0.15) is 10.4 Å². The van der Waals surface area contributed by atoms with Gasteiger partial charge in [0.25, 0.3) is 5.91 Å². The monoisotopic (exact) mass is 260 g/mol. The van der Waals surface area contributed by atoms with Crippen molar-refractivity contribution in [3.05, 3.63) is 48.0 Å². The van der Waals surface area contributed by atoms with E-state index in [0.717, 1.165) is 0 Å². The van der Waals surface area contributed by atoms with Crippen LogP contribution in [0.5, 0.6) is 11.5 Å². The Morgan fingerprint density at radius 1 is 1.26 bits per heavy atom. The third-order valence-electron chi connectivity index (χ3n) is 2.63. The Morgan fingerprint density at radius 2 is 2.11 bits per heavy atom. The summed E-state index contributed by atoms with van der Waals surface area (Å²) in [5.74, 6) is -0.208. The Bertz CT molecular complexity index is 646. The van der Waals surface area contributed by atoms with Gasteiger partial charge < -0.3 is 14.8 Å². The van der Waals surface area contributed by atoms with Crippen LogP contribution in [-0.2, 0) is 0 Å². The predicted octanol–water partition coefficient (Wildman–Crippen LogP) is 2.20. The van der Waals surface area contributed by atoms with Crippen LogP contribution in [0.4, 0.5) is 10.1 Å². The van der Waals surface area contributed by atoms with Crippen molar-refractivity contribution < 1.29 is 18.7 Å². The number of pyridine rings is 1. The Kier molecular flexibility index (Phi) is 2.75. The van der Waals surface area contributed by atoms with Gasteiger partial charge in [0, 0.05) is 18.0 Å². The van der Waals surface area contributed by atoms with Gasteiger partial charge in [0.05, 0.1) is 5.56 Å². The van der Waals surface area contributed by atoms with Gasteiger partial charge in [0.2, 0.25) is 12.7 Å². The molecule has 0 saturated carbocycles. The number of fused-ring (bicyclic) bond motifs is 1. The number of halogens is 1. The summed E-state index contributed by atoms with van der Waals surface area (Å²) < 4.78 is 23.7. The lowest BCUT2D eigenvalue weighted by Crippen LogP contribution is -2.14. The topological polar surface area (TPSA) is 60.5 Å². The number of carbonyl (C=O) groups is 1. The summed E-state index contributed by atoms with van der Waals surface area (Å²) in [6, 6.07) is 7.81. The van der Waals surface area contributed by atoms with E-state index in [1.165, 1.54) is 18.3 Å². The minimum absolute atomic E-state index is 0.111. The molecule has 0 radical (unpaired) electrons. The molecule has 0 bridgehead atoms. The number of ether oxygens (including phenoxy) is 2. The number of benzene rings is 1.